The smallest absolute Gasteiger partial charge is 0.332 e. The topological polar surface area (TPSA) is 127 Å². The van der Waals surface area contributed by atoms with Crippen LogP contribution in [0.15, 0.2) is 46.1 Å². The molecule has 172 valence electrons. The molecule has 0 bridgehead atoms. The van der Waals surface area contributed by atoms with E-state index in [2.05, 4.69) is 16.1 Å². The molecule has 1 aliphatic rings. The lowest BCUT2D eigenvalue weighted by atomic mass is 9.88. The number of benzene rings is 1. The number of hydrogen-bond acceptors (Lipinski definition) is 8. The van der Waals surface area contributed by atoms with Crippen LogP contribution in [0.5, 0.6) is 0 Å². The van der Waals surface area contributed by atoms with Gasteiger partial charge in [0, 0.05) is 16.6 Å². The lowest BCUT2D eigenvalue weighted by molar-refractivity contribution is -0.133. The molecule has 3 heterocycles. The van der Waals surface area contributed by atoms with Crippen molar-refractivity contribution >= 4 is 57.7 Å². The number of amides is 1. The third kappa shape index (κ3) is 3.96. The van der Waals surface area contributed by atoms with Crippen LogP contribution in [0.25, 0.3) is 17.5 Å². The minimum Gasteiger partial charge on any atom is -0.466 e. The Kier molecular flexibility index (Phi) is 6.24. The molecule has 0 spiro atoms. The number of rotatable bonds is 4. The van der Waals surface area contributed by atoms with Crippen molar-refractivity contribution in [3.05, 3.63) is 76.8 Å². The van der Waals surface area contributed by atoms with Crippen molar-refractivity contribution in [1.29, 1.82) is 5.26 Å². The molecule has 10 heteroatoms. The summed E-state index contributed by atoms with van der Waals surface area (Å²) in [5, 5.41) is 14.7. The number of aryl methyl sites for hydroxylation is 2. The molecule has 0 saturated heterocycles. The SMILES string of the molecule is COC(=O)/C=c1\sc2n(c1=O)C(N)=C(C#N)[C@H](c1cccs1)C=2C(=O)Nc1ccc(C)c(C)c1. The van der Waals surface area contributed by atoms with E-state index in [9.17, 15) is 19.6 Å². The van der Waals surface area contributed by atoms with Gasteiger partial charge in [-0.15, -0.1) is 22.7 Å². The quantitative estimate of drug-likeness (QED) is 0.535. The number of thiophene rings is 1. The summed E-state index contributed by atoms with van der Waals surface area (Å²) in [4.78, 5) is 39.3. The number of aromatic nitrogens is 1. The molecule has 3 N–H and O–H groups in total. The molecule has 0 saturated carbocycles. The molecular weight excluding hydrogens is 472 g/mol. The van der Waals surface area contributed by atoms with Crippen molar-refractivity contribution in [2.75, 3.05) is 12.4 Å². The van der Waals surface area contributed by atoms with Gasteiger partial charge in [-0.1, -0.05) is 12.1 Å². The number of nitrogens with zero attached hydrogens (tertiary/aromatic N) is 2. The number of methoxy groups -OCH3 is 1. The number of nitrogens with two attached hydrogens (primary N) is 1. The van der Waals surface area contributed by atoms with Gasteiger partial charge in [0.05, 0.1) is 30.2 Å². The number of hydrogen-bond donors (Lipinski definition) is 2. The summed E-state index contributed by atoms with van der Waals surface area (Å²) < 4.78 is 6.08. The maximum absolute atomic E-state index is 13.7. The largest absolute Gasteiger partial charge is 0.466 e. The molecular formula is C24H20N4O4S2. The third-order valence-corrected chi connectivity index (χ3v) is 7.60. The van der Waals surface area contributed by atoms with E-state index < -0.39 is 23.4 Å². The Balaban J connectivity index is 2.02. The number of ether oxygens (including phenoxy) is 1. The number of anilines is 1. The van der Waals surface area contributed by atoms with Crippen molar-refractivity contribution in [3.63, 3.8) is 0 Å². The Bertz CT molecular complexity index is 1570. The second-order valence-electron chi connectivity index (χ2n) is 7.61. The summed E-state index contributed by atoms with van der Waals surface area (Å²) >= 11 is 2.33. The number of allylic oxidation sites excluding steroid dienone is 1. The predicted molar refractivity (Wildman–Crippen MR) is 132 cm³/mol. The molecule has 1 aromatic carbocycles. The number of esters is 1. The molecule has 0 radical (unpaired) electrons. The lowest BCUT2D eigenvalue weighted by Gasteiger charge is -2.24. The van der Waals surface area contributed by atoms with E-state index in [1.807, 2.05) is 43.5 Å². The average molecular weight is 493 g/mol. The molecule has 34 heavy (non-hydrogen) atoms. The summed E-state index contributed by atoms with van der Waals surface area (Å²) in [5.41, 5.74) is 8.65. The standard InChI is InChI=1S/C24H20N4O4S2/c1-12-6-7-14(9-13(12)2)27-22(30)20-19(16-5-4-8-33-16)15(11-25)21(26)28-23(31)17(34-24(20)28)10-18(29)32-3/h4-10,19H,26H2,1-3H3,(H,27,30)/b17-10-/t19-/m1/s1. The molecule has 8 nitrogen and oxygen atoms in total. The van der Waals surface area contributed by atoms with E-state index in [1.54, 1.807) is 6.07 Å². The summed E-state index contributed by atoms with van der Waals surface area (Å²) in [6.07, 6.45) is 1.05. The Morgan fingerprint density at radius 1 is 1.26 bits per heavy atom. The second kappa shape index (κ2) is 9.13. The number of nitrogens with one attached hydrogen (secondary N) is 1. The predicted octanol–water partition coefficient (Wildman–Crippen LogP) is 1.78. The van der Waals surface area contributed by atoms with Crippen molar-refractivity contribution in [3.8, 4) is 6.07 Å². The second-order valence-corrected chi connectivity index (χ2v) is 9.62. The van der Waals surface area contributed by atoms with E-state index in [1.165, 1.54) is 18.4 Å². The molecule has 1 aliphatic heterocycles. The van der Waals surface area contributed by atoms with Gasteiger partial charge >= 0.3 is 5.97 Å². The van der Waals surface area contributed by atoms with Gasteiger partial charge in [0.1, 0.15) is 15.0 Å². The van der Waals surface area contributed by atoms with Gasteiger partial charge < -0.3 is 15.8 Å². The summed E-state index contributed by atoms with van der Waals surface area (Å²) in [5.74, 6) is -2.01. The zero-order valence-corrected chi connectivity index (χ0v) is 20.2. The Hall–Kier alpha value is -3.94. The summed E-state index contributed by atoms with van der Waals surface area (Å²) in [6.45, 7) is 3.91. The minimum atomic E-state index is -0.763. The molecule has 0 aliphatic carbocycles. The number of carbonyl (C=O) groups is 2. The van der Waals surface area contributed by atoms with Crippen LogP contribution in [0.3, 0.4) is 0 Å². The molecule has 3 aromatic rings. The minimum absolute atomic E-state index is 0.0467. The van der Waals surface area contributed by atoms with Crippen LogP contribution in [0.4, 0.5) is 5.69 Å². The highest BCUT2D eigenvalue weighted by Gasteiger charge is 2.36. The number of carbonyl (C=O) groups excluding carboxylic acids is 2. The van der Waals surface area contributed by atoms with Crippen LogP contribution in [0, 0.1) is 25.2 Å². The molecule has 1 atom stereocenters. The van der Waals surface area contributed by atoms with E-state index in [0.29, 0.717) is 5.69 Å². The highest BCUT2D eigenvalue weighted by molar-refractivity contribution is 7.10. The van der Waals surface area contributed by atoms with Gasteiger partial charge in [-0.25, -0.2) is 4.79 Å². The van der Waals surface area contributed by atoms with Gasteiger partial charge in [-0.3, -0.25) is 14.2 Å². The molecule has 1 amide bonds. The number of nitriles is 1. The number of thiazole rings is 1. The van der Waals surface area contributed by atoms with Crippen molar-refractivity contribution in [2.45, 2.75) is 19.8 Å². The fraction of sp³-hybridized carbons (Fsp3) is 0.167. The van der Waals surface area contributed by atoms with Crippen molar-refractivity contribution < 1.29 is 14.3 Å². The van der Waals surface area contributed by atoms with Gasteiger partial charge in [-0.2, -0.15) is 5.26 Å². The van der Waals surface area contributed by atoms with Crippen molar-refractivity contribution in [1.82, 2.24) is 4.57 Å². The highest BCUT2D eigenvalue weighted by Crippen LogP contribution is 2.38. The van der Waals surface area contributed by atoms with Gasteiger partial charge in [-0.05, 0) is 48.6 Å². The van der Waals surface area contributed by atoms with Crippen LogP contribution in [0.1, 0.15) is 21.9 Å². The van der Waals surface area contributed by atoms with E-state index in [-0.39, 0.29) is 26.2 Å². The Morgan fingerprint density at radius 3 is 2.65 bits per heavy atom. The van der Waals surface area contributed by atoms with Gasteiger partial charge in [0.25, 0.3) is 11.5 Å². The Labute approximate surface area is 202 Å². The van der Waals surface area contributed by atoms with E-state index in [4.69, 9.17) is 5.73 Å². The highest BCUT2D eigenvalue weighted by atomic mass is 32.1. The van der Waals surface area contributed by atoms with Gasteiger partial charge in [0.2, 0.25) is 0 Å². The van der Waals surface area contributed by atoms with Gasteiger partial charge in [0.15, 0.2) is 0 Å². The summed E-state index contributed by atoms with van der Waals surface area (Å²) in [6, 6.07) is 11.3. The zero-order chi connectivity index (χ0) is 24.6. The molecule has 0 fully saturated rings. The average Bonchev–Trinajstić information content (AvgIpc) is 3.44. The fourth-order valence-corrected chi connectivity index (χ4v) is 5.67. The van der Waals surface area contributed by atoms with E-state index in [0.717, 1.165) is 38.0 Å². The third-order valence-electron chi connectivity index (χ3n) is 5.56. The van der Waals surface area contributed by atoms with Crippen LogP contribution in [-0.2, 0) is 14.3 Å². The van der Waals surface area contributed by atoms with Crippen molar-refractivity contribution in [2.24, 2.45) is 5.73 Å². The maximum Gasteiger partial charge on any atom is 0.332 e. The first-order valence-electron chi connectivity index (χ1n) is 10.1. The maximum atomic E-state index is 13.7. The van der Waals surface area contributed by atoms with Crippen LogP contribution < -0.4 is 25.8 Å². The van der Waals surface area contributed by atoms with Crippen LogP contribution >= 0.6 is 22.7 Å². The molecule has 0 unspecified atom stereocenters. The van der Waals surface area contributed by atoms with Crippen LogP contribution in [0.2, 0.25) is 0 Å². The first-order valence-corrected chi connectivity index (χ1v) is 11.8. The first kappa shape index (κ1) is 23.2. The monoisotopic (exact) mass is 492 g/mol. The van der Waals surface area contributed by atoms with E-state index >= 15 is 0 Å². The van der Waals surface area contributed by atoms with Crippen LogP contribution in [-0.4, -0.2) is 23.6 Å². The molecule has 2 aromatic heterocycles. The normalized spacial score (nSPS) is 15.6. The number of fused-ring (bicyclic) bond motifs is 1. The summed E-state index contributed by atoms with van der Waals surface area (Å²) in [7, 11) is 1.20. The first-order chi connectivity index (χ1) is 16.3. The Morgan fingerprint density at radius 2 is 2.03 bits per heavy atom. The zero-order valence-electron chi connectivity index (χ0n) is 18.5. The fourth-order valence-electron chi connectivity index (χ4n) is 3.69. The lowest BCUT2D eigenvalue weighted by Crippen LogP contribution is -2.40. The molecule has 4 rings (SSSR count).